The van der Waals surface area contributed by atoms with E-state index in [1.807, 2.05) is 18.2 Å². The second-order valence-electron chi connectivity index (χ2n) is 4.45. The van der Waals surface area contributed by atoms with Gasteiger partial charge < -0.3 is 11.1 Å². The largest absolute Gasteiger partial charge is 0.399 e. The van der Waals surface area contributed by atoms with Crippen LogP contribution >= 0.6 is 23.2 Å². The average molecular weight is 309 g/mol. The molecule has 0 aromatic heterocycles. The monoisotopic (exact) mass is 308 g/mol. The van der Waals surface area contributed by atoms with E-state index in [0.29, 0.717) is 22.3 Å². The number of halogens is 2. The summed E-state index contributed by atoms with van der Waals surface area (Å²) in [5, 5.41) is 3.77. The Balaban J connectivity index is 1.91. The van der Waals surface area contributed by atoms with E-state index in [1.54, 1.807) is 24.3 Å². The Hall–Kier alpha value is -1.71. The second-order valence-corrected chi connectivity index (χ2v) is 5.26. The van der Waals surface area contributed by atoms with Crippen molar-refractivity contribution >= 4 is 34.8 Å². The van der Waals surface area contributed by atoms with Gasteiger partial charge in [0.1, 0.15) is 0 Å². The molecule has 0 aliphatic heterocycles. The van der Waals surface area contributed by atoms with Gasteiger partial charge in [-0.3, -0.25) is 4.79 Å². The Kier molecular flexibility index (Phi) is 4.88. The van der Waals surface area contributed by atoms with Gasteiger partial charge in [0.2, 0.25) is 5.91 Å². The van der Waals surface area contributed by atoms with Gasteiger partial charge in [0, 0.05) is 12.2 Å². The molecule has 0 radical (unpaired) electrons. The van der Waals surface area contributed by atoms with Crippen LogP contribution in [-0.2, 0) is 17.8 Å². The van der Waals surface area contributed by atoms with Crippen LogP contribution in [0.15, 0.2) is 42.5 Å². The number of rotatable bonds is 4. The smallest absolute Gasteiger partial charge is 0.224 e. The van der Waals surface area contributed by atoms with Crippen LogP contribution in [0.25, 0.3) is 0 Å². The molecule has 2 aromatic rings. The van der Waals surface area contributed by atoms with E-state index in [0.717, 1.165) is 11.1 Å². The maximum atomic E-state index is 11.8. The molecule has 20 heavy (non-hydrogen) atoms. The average Bonchev–Trinajstić information content (AvgIpc) is 2.41. The van der Waals surface area contributed by atoms with Crippen LogP contribution in [-0.4, -0.2) is 5.91 Å². The van der Waals surface area contributed by atoms with E-state index in [1.165, 1.54) is 0 Å². The van der Waals surface area contributed by atoms with Gasteiger partial charge in [-0.1, -0.05) is 41.4 Å². The fourth-order valence-electron chi connectivity index (χ4n) is 1.80. The molecule has 0 heterocycles. The Morgan fingerprint density at radius 1 is 1.05 bits per heavy atom. The van der Waals surface area contributed by atoms with Crippen molar-refractivity contribution in [1.29, 1.82) is 0 Å². The molecule has 0 saturated heterocycles. The van der Waals surface area contributed by atoms with Crippen molar-refractivity contribution in [1.82, 2.24) is 5.32 Å². The molecule has 0 unspecified atom stereocenters. The quantitative estimate of drug-likeness (QED) is 0.850. The van der Waals surface area contributed by atoms with Crippen molar-refractivity contribution in [2.45, 2.75) is 13.0 Å². The Morgan fingerprint density at radius 3 is 2.55 bits per heavy atom. The van der Waals surface area contributed by atoms with Crippen molar-refractivity contribution in [3.05, 3.63) is 63.6 Å². The van der Waals surface area contributed by atoms with Crippen LogP contribution in [0.2, 0.25) is 10.0 Å². The van der Waals surface area contributed by atoms with Crippen molar-refractivity contribution < 1.29 is 4.79 Å². The summed E-state index contributed by atoms with van der Waals surface area (Å²) in [4.78, 5) is 11.8. The van der Waals surface area contributed by atoms with Crippen LogP contribution in [0.4, 0.5) is 5.69 Å². The number of carbonyl (C=O) groups excluding carboxylic acids is 1. The van der Waals surface area contributed by atoms with E-state index in [9.17, 15) is 4.79 Å². The summed E-state index contributed by atoms with van der Waals surface area (Å²) in [7, 11) is 0. The Labute approximate surface area is 127 Å². The van der Waals surface area contributed by atoms with Crippen molar-refractivity contribution in [2.75, 3.05) is 5.73 Å². The van der Waals surface area contributed by atoms with Gasteiger partial charge in [-0.05, 0) is 35.4 Å². The lowest BCUT2D eigenvalue weighted by atomic mass is 10.1. The summed E-state index contributed by atoms with van der Waals surface area (Å²) in [6.45, 7) is 0.450. The fraction of sp³-hybridized carbons (Fsp3) is 0.133. The van der Waals surface area contributed by atoms with Crippen molar-refractivity contribution in [3.63, 3.8) is 0 Å². The normalized spacial score (nSPS) is 10.3. The molecule has 2 aromatic carbocycles. The molecule has 5 heteroatoms. The molecule has 0 aliphatic rings. The highest BCUT2D eigenvalue weighted by atomic mass is 35.5. The molecule has 0 aliphatic carbocycles. The zero-order valence-electron chi connectivity index (χ0n) is 10.7. The standard InChI is InChI=1S/C15H14Cl2N2O/c16-13-5-4-10(7-14(13)17)8-15(20)19-9-11-2-1-3-12(18)6-11/h1-7H,8-9,18H2,(H,19,20). The molecule has 0 atom stereocenters. The summed E-state index contributed by atoms with van der Waals surface area (Å²) >= 11 is 11.7. The first-order valence-corrected chi connectivity index (χ1v) is 6.85. The van der Waals surface area contributed by atoms with Gasteiger partial charge in [-0.25, -0.2) is 0 Å². The molecular weight excluding hydrogens is 295 g/mol. The zero-order chi connectivity index (χ0) is 14.5. The van der Waals surface area contributed by atoms with E-state index >= 15 is 0 Å². The van der Waals surface area contributed by atoms with Crippen LogP contribution in [0.3, 0.4) is 0 Å². The molecule has 0 bridgehead atoms. The van der Waals surface area contributed by atoms with Gasteiger partial charge in [0.05, 0.1) is 16.5 Å². The number of anilines is 1. The maximum absolute atomic E-state index is 11.8. The number of carbonyl (C=O) groups is 1. The highest BCUT2D eigenvalue weighted by Gasteiger charge is 2.05. The van der Waals surface area contributed by atoms with Crippen LogP contribution in [0.5, 0.6) is 0 Å². The second kappa shape index (κ2) is 6.64. The molecule has 2 rings (SSSR count). The number of amides is 1. The molecule has 104 valence electrons. The minimum Gasteiger partial charge on any atom is -0.399 e. The zero-order valence-corrected chi connectivity index (χ0v) is 12.2. The number of nitrogens with two attached hydrogens (primary N) is 1. The minimum absolute atomic E-state index is 0.0780. The lowest BCUT2D eigenvalue weighted by Crippen LogP contribution is -2.24. The topological polar surface area (TPSA) is 55.1 Å². The molecular formula is C15H14Cl2N2O. The molecule has 0 saturated carbocycles. The third kappa shape index (κ3) is 4.15. The van der Waals surface area contributed by atoms with E-state index < -0.39 is 0 Å². The van der Waals surface area contributed by atoms with Gasteiger partial charge in [-0.2, -0.15) is 0 Å². The fourth-order valence-corrected chi connectivity index (χ4v) is 2.12. The lowest BCUT2D eigenvalue weighted by Gasteiger charge is -2.07. The van der Waals surface area contributed by atoms with E-state index in [-0.39, 0.29) is 12.3 Å². The van der Waals surface area contributed by atoms with E-state index in [2.05, 4.69) is 5.32 Å². The molecule has 3 nitrogen and oxygen atoms in total. The molecule has 3 N–H and O–H groups in total. The Morgan fingerprint density at radius 2 is 1.85 bits per heavy atom. The highest BCUT2D eigenvalue weighted by Crippen LogP contribution is 2.22. The summed E-state index contributed by atoms with van der Waals surface area (Å²) in [5.41, 5.74) is 8.15. The molecule has 0 spiro atoms. The summed E-state index contributed by atoms with van der Waals surface area (Å²) in [6.07, 6.45) is 0.263. The summed E-state index contributed by atoms with van der Waals surface area (Å²) in [6, 6.07) is 12.6. The van der Waals surface area contributed by atoms with Gasteiger partial charge in [0.15, 0.2) is 0 Å². The minimum atomic E-state index is -0.0780. The van der Waals surface area contributed by atoms with Gasteiger partial charge in [-0.15, -0.1) is 0 Å². The maximum Gasteiger partial charge on any atom is 0.224 e. The highest BCUT2D eigenvalue weighted by molar-refractivity contribution is 6.42. The number of hydrogen-bond acceptors (Lipinski definition) is 2. The first-order chi connectivity index (χ1) is 9.54. The molecule has 1 amide bonds. The molecule has 0 fully saturated rings. The van der Waals surface area contributed by atoms with E-state index in [4.69, 9.17) is 28.9 Å². The van der Waals surface area contributed by atoms with Crippen LogP contribution < -0.4 is 11.1 Å². The van der Waals surface area contributed by atoms with Gasteiger partial charge in [0.25, 0.3) is 0 Å². The number of hydrogen-bond donors (Lipinski definition) is 2. The summed E-state index contributed by atoms with van der Waals surface area (Å²) in [5.74, 6) is -0.0780. The first-order valence-electron chi connectivity index (χ1n) is 6.09. The predicted molar refractivity (Wildman–Crippen MR) is 82.9 cm³/mol. The van der Waals surface area contributed by atoms with Crippen LogP contribution in [0, 0.1) is 0 Å². The number of nitrogens with one attached hydrogen (secondary N) is 1. The third-order valence-electron chi connectivity index (χ3n) is 2.79. The number of nitrogen functional groups attached to an aromatic ring is 1. The third-order valence-corrected chi connectivity index (χ3v) is 3.53. The van der Waals surface area contributed by atoms with Crippen LogP contribution in [0.1, 0.15) is 11.1 Å². The summed E-state index contributed by atoms with van der Waals surface area (Å²) < 4.78 is 0. The van der Waals surface area contributed by atoms with Gasteiger partial charge >= 0.3 is 0 Å². The first kappa shape index (κ1) is 14.7. The van der Waals surface area contributed by atoms with Crippen molar-refractivity contribution in [2.24, 2.45) is 0 Å². The lowest BCUT2D eigenvalue weighted by molar-refractivity contribution is -0.120. The predicted octanol–water partition coefficient (Wildman–Crippen LogP) is 3.43. The SMILES string of the molecule is Nc1cccc(CNC(=O)Cc2ccc(Cl)c(Cl)c2)c1. The number of benzene rings is 2. The van der Waals surface area contributed by atoms with Crippen molar-refractivity contribution in [3.8, 4) is 0 Å². The Bertz CT molecular complexity index is 629.